The van der Waals surface area contributed by atoms with E-state index in [4.69, 9.17) is 11.6 Å². The van der Waals surface area contributed by atoms with E-state index >= 15 is 0 Å². The smallest absolute Gasteiger partial charge is 0.166 e. The van der Waals surface area contributed by atoms with Gasteiger partial charge in [-0.3, -0.25) is 0 Å². The van der Waals surface area contributed by atoms with Gasteiger partial charge in [-0.2, -0.15) is 26.3 Å². The molecule has 0 amide bonds. The molecule has 0 saturated carbocycles. The van der Waals surface area contributed by atoms with Crippen molar-refractivity contribution >= 4 is 27.5 Å². The standard InChI is InChI=1S/C9H4BrClF6/c10-7-2-4(8(12,13)14)1-6(5(7)3-11)9(15,16)17/h1-2H,3H2. The molecular weight excluding hydrogens is 337 g/mol. The Bertz CT molecular complexity index is 423. The first-order valence-corrected chi connectivity index (χ1v) is 5.43. The van der Waals surface area contributed by atoms with Gasteiger partial charge < -0.3 is 0 Å². The zero-order chi connectivity index (χ0) is 13.4. The predicted molar refractivity (Wildman–Crippen MR) is 53.7 cm³/mol. The molecule has 1 rings (SSSR count). The molecule has 0 heterocycles. The van der Waals surface area contributed by atoms with Gasteiger partial charge in [-0.25, -0.2) is 0 Å². The number of benzene rings is 1. The molecule has 0 spiro atoms. The highest BCUT2D eigenvalue weighted by Crippen LogP contribution is 2.40. The van der Waals surface area contributed by atoms with Gasteiger partial charge in [-0.15, -0.1) is 11.6 Å². The van der Waals surface area contributed by atoms with Gasteiger partial charge in [-0.1, -0.05) is 15.9 Å². The summed E-state index contributed by atoms with van der Waals surface area (Å²) in [6, 6.07) is 0.634. The van der Waals surface area contributed by atoms with Gasteiger partial charge in [0.1, 0.15) is 0 Å². The minimum absolute atomic E-state index is 0.0580. The summed E-state index contributed by atoms with van der Waals surface area (Å²) in [4.78, 5) is 0. The molecule has 96 valence electrons. The fourth-order valence-corrected chi connectivity index (χ4v) is 2.24. The van der Waals surface area contributed by atoms with E-state index in [-0.39, 0.29) is 10.5 Å². The molecule has 0 bridgehead atoms. The van der Waals surface area contributed by atoms with Crippen LogP contribution < -0.4 is 0 Å². The summed E-state index contributed by atoms with van der Waals surface area (Å²) in [5.41, 5.74) is -3.16. The van der Waals surface area contributed by atoms with E-state index in [9.17, 15) is 26.3 Å². The third-order valence-corrected chi connectivity index (χ3v) is 2.94. The predicted octanol–water partition coefficient (Wildman–Crippen LogP) is 5.23. The molecule has 8 heteroatoms. The quantitative estimate of drug-likeness (QED) is 0.485. The van der Waals surface area contributed by atoms with Gasteiger partial charge in [0.2, 0.25) is 0 Å². The molecule has 0 aliphatic heterocycles. The highest BCUT2D eigenvalue weighted by molar-refractivity contribution is 9.10. The third kappa shape index (κ3) is 3.28. The van der Waals surface area contributed by atoms with Crippen LogP contribution in [0.4, 0.5) is 26.3 Å². The van der Waals surface area contributed by atoms with Crippen LogP contribution in [-0.4, -0.2) is 0 Å². The summed E-state index contributed by atoms with van der Waals surface area (Å²) in [5, 5.41) is 0. The molecule has 1 aromatic rings. The lowest BCUT2D eigenvalue weighted by Crippen LogP contribution is -2.13. The number of rotatable bonds is 1. The summed E-state index contributed by atoms with van der Waals surface area (Å²) in [7, 11) is 0. The van der Waals surface area contributed by atoms with Crippen molar-refractivity contribution in [3.8, 4) is 0 Å². The Hall–Kier alpha value is -0.430. The Morgan fingerprint density at radius 3 is 1.88 bits per heavy atom. The Labute approximate surface area is 106 Å². The van der Waals surface area contributed by atoms with Crippen molar-refractivity contribution in [1.29, 1.82) is 0 Å². The van der Waals surface area contributed by atoms with Crippen LogP contribution in [0.5, 0.6) is 0 Å². The summed E-state index contributed by atoms with van der Waals surface area (Å²) in [5.74, 6) is -0.534. The Kier molecular flexibility index (Phi) is 4.03. The van der Waals surface area contributed by atoms with Gasteiger partial charge in [0, 0.05) is 10.4 Å². The molecule has 0 N–H and O–H groups in total. The van der Waals surface area contributed by atoms with Crippen LogP contribution in [0, 0.1) is 0 Å². The van der Waals surface area contributed by atoms with Crippen LogP contribution in [0.1, 0.15) is 16.7 Å². The second kappa shape index (κ2) is 4.68. The number of halogens is 8. The van der Waals surface area contributed by atoms with Crippen LogP contribution in [0.15, 0.2) is 16.6 Å². The lowest BCUT2D eigenvalue weighted by atomic mass is 10.0. The van der Waals surface area contributed by atoms with Crippen molar-refractivity contribution in [2.24, 2.45) is 0 Å². The van der Waals surface area contributed by atoms with Crippen molar-refractivity contribution in [3.63, 3.8) is 0 Å². The zero-order valence-corrected chi connectivity index (χ0v) is 10.2. The first-order valence-electron chi connectivity index (χ1n) is 4.10. The maximum Gasteiger partial charge on any atom is 0.416 e. The van der Waals surface area contributed by atoms with Crippen LogP contribution in [-0.2, 0) is 18.2 Å². The fraction of sp³-hybridized carbons (Fsp3) is 0.333. The molecule has 0 saturated heterocycles. The first kappa shape index (κ1) is 14.6. The molecule has 0 aromatic heterocycles. The van der Waals surface area contributed by atoms with Gasteiger partial charge in [0.15, 0.2) is 0 Å². The van der Waals surface area contributed by atoms with Gasteiger partial charge in [0.25, 0.3) is 0 Å². The fourth-order valence-electron chi connectivity index (χ4n) is 1.19. The van der Waals surface area contributed by atoms with E-state index in [0.29, 0.717) is 6.07 Å². The monoisotopic (exact) mass is 340 g/mol. The maximum absolute atomic E-state index is 12.5. The number of hydrogen-bond donors (Lipinski definition) is 0. The van der Waals surface area contributed by atoms with Crippen molar-refractivity contribution in [2.45, 2.75) is 18.2 Å². The molecule has 17 heavy (non-hydrogen) atoms. The van der Waals surface area contributed by atoms with Gasteiger partial charge in [0.05, 0.1) is 11.1 Å². The second-order valence-corrected chi connectivity index (χ2v) is 4.23. The van der Waals surface area contributed by atoms with Gasteiger partial charge in [-0.05, 0) is 17.7 Å². The van der Waals surface area contributed by atoms with Crippen molar-refractivity contribution in [2.75, 3.05) is 0 Å². The highest BCUT2D eigenvalue weighted by Gasteiger charge is 2.38. The van der Waals surface area contributed by atoms with Crippen LogP contribution in [0.3, 0.4) is 0 Å². The Balaban J connectivity index is 3.51. The molecular formula is C9H4BrClF6. The normalized spacial score (nSPS) is 12.9. The van der Waals surface area contributed by atoms with Crippen LogP contribution in [0.25, 0.3) is 0 Å². The lowest BCUT2D eigenvalue weighted by Gasteiger charge is -2.16. The van der Waals surface area contributed by atoms with E-state index < -0.39 is 34.9 Å². The summed E-state index contributed by atoms with van der Waals surface area (Å²) < 4.78 is 74.4. The topological polar surface area (TPSA) is 0 Å². The van der Waals surface area contributed by atoms with E-state index in [0.717, 1.165) is 0 Å². The number of hydrogen-bond acceptors (Lipinski definition) is 0. The minimum atomic E-state index is -4.88. The lowest BCUT2D eigenvalue weighted by molar-refractivity contribution is -0.143. The number of alkyl halides is 7. The Morgan fingerprint density at radius 1 is 1.00 bits per heavy atom. The SMILES string of the molecule is FC(F)(F)c1cc(Br)c(CCl)c(C(F)(F)F)c1. The molecule has 0 aliphatic rings. The average Bonchev–Trinajstić information content (AvgIpc) is 2.13. The Morgan fingerprint density at radius 2 is 1.53 bits per heavy atom. The van der Waals surface area contributed by atoms with E-state index in [1.54, 1.807) is 0 Å². The van der Waals surface area contributed by atoms with Crippen LogP contribution in [0.2, 0.25) is 0 Å². The summed E-state index contributed by atoms with van der Waals surface area (Å²) in [6.07, 6.45) is -9.72. The van der Waals surface area contributed by atoms with E-state index in [1.807, 2.05) is 0 Å². The van der Waals surface area contributed by atoms with Gasteiger partial charge >= 0.3 is 12.4 Å². The molecule has 0 unspecified atom stereocenters. The largest absolute Gasteiger partial charge is 0.416 e. The molecule has 0 nitrogen and oxygen atoms in total. The zero-order valence-electron chi connectivity index (χ0n) is 7.89. The molecule has 0 aliphatic carbocycles. The highest BCUT2D eigenvalue weighted by atomic mass is 79.9. The van der Waals surface area contributed by atoms with Crippen molar-refractivity contribution < 1.29 is 26.3 Å². The van der Waals surface area contributed by atoms with Crippen molar-refractivity contribution in [3.05, 3.63) is 33.3 Å². The maximum atomic E-state index is 12.5. The van der Waals surface area contributed by atoms with Crippen molar-refractivity contribution in [1.82, 2.24) is 0 Å². The van der Waals surface area contributed by atoms with E-state index in [2.05, 4.69) is 15.9 Å². The molecule has 1 aromatic carbocycles. The molecule has 0 radical (unpaired) electrons. The first-order chi connectivity index (χ1) is 7.57. The molecule has 0 fully saturated rings. The average molecular weight is 341 g/mol. The van der Waals surface area contributed by atoms with Crippen LogP contribution >= 0.6 is 27.5 Å². The molecule has 0 atom stereocenters. The summed E-state index contributed by atoms with van der Waals surface area (Å²) >= 11 is 7.96. The minimum Gasteiger partial charge on any atom is -0.166 e. The second-order valence-electron chi connectivity index (χ2n) is 3.11. The van der Waals surface area contributed by atoms with E-state index in [1.165, 1.54) is 0 Å². The third-order valence-electron chi connectivity index (χ3n) is 1.96. The summed E-state index contributed by atoms with van der Waals surface area (Å²) in [6.45, 7) is 0.